The number of hydrogen-bond donors (Lipinski definition) is 4. The quantitative estimate of drug-likeness (QED) is 0.00597. The number of fused-ring (bicyclic) bond motifs is 2. The molecule has 1 unspecified atom stereocenters. The summed E-state index contributed by atoms with van der Waals surface area (Å²) in [5.74, 6) is -16.6. The number of aromatic nitrogens is 4. The Morgan fingerprint density at radius 2 is 1.03 bits per heavy atom. The molecular formula is C71H69Cl7F9N5O15. The number of ketones is 1. The van der Waals surface area contributed by atoms with Crippen molar-refractivity contribution in [3.8, 4) is 0 Å². The van der Waals surface area contributed by atoms with Gasteiger partial charge >= 0.3 is 23.9 Å². The number of Topliss-reactive ketones (excluding diaryl/α,β-unsaturated/α-hetero) is 1. The van der Waals surface area contributed by atoms with Crippen molar-refractivity contribution in [2.75, 3.05) is 34.0 Å². The SMILES string of the molecule is C1=Cc2cccnc2C1.CCC(C)O.CCOC(=O)C(=C/C=C/OC)C(=O)OCC.CCOC(=O)c1cccn(Cc2cc(F)c(F)c(F)c2)c1=O.CO.NCc1cc(F)c(F)c(F)c1.O=C(C1=CCc2ncccc21)C(Cl)(Cl)Cl.O=C(Cl)C(Cl)(Cl)Cl.O=C(O)c1cccn(Cc2cc(F)c(F)c(F)c2)c1=O. The number of benzene rings is 3. The molecule has 0 aliphatic heterocycles. The fourth-order valence-corrected chi connectivity index (χ4v) is 8.12. The van der Waals surface area contributed by atoms with Gasteiger partial charge in [0.1, 0.15) is 16.7 Å². The zero-order chi connectivity index (χ0) is 81.5. The van der Waals surface area contributed by atoms with E-state index in [1.54, 1.807) is 52.1 Å². The van der Waals surface area contributed by atoms with Crippen LogP contribution in [0.5, 0.6) is 0 Å². The normalized spacial score (nSPS) is 11.4. The zero-order valence-electron chi connectivity index (χ0n) is 57.5. The largest absolute Gasteiger partial charge is 0.504 e. The van der Waals surface area contributed by atoms with Crippen LogP contribution >= 0.6 is 81.2 Å². The summed E-state index contributed by atoms with van der Waals surface area (Å²) in [7, 11) is 2.46. The maximum absolute atomic E-state index is 13.2. The molecule has 2 aliphatic carbocycles. The van der Waals surface area contributed by atoms with Gasteiger partial charge in [-0.15, -0.1) is 0 Å². The molecule has 20 nitrogen and oxygen atoms in total. The number of carbonyl (C=O) groups is 6. The Bertz CT molecular complexity index is 4310. The first-order chi connectivity index (χ1) is 50.3. The molecule has 0 bridgehead atoms. The number of methoxy groups -OCH3 is 1. The second kappa shape index (κ2) is 49.1. The Balaban J connectivity index is 0.000000629. The molecule has 0 radical (unpaired) electrons. The van der Waals surface area contributed by atoms with Crippen LogP contribution in [-0.2, 0) is 70.6 Å². The molecule has 107 heavy (non-hydrogen) atoms. The minimum Gasteiger partial charge on any atom is -0.504 e. The minimum atomic E-state index is -1.96. The van der Waals surface area contributed by atoms with E-state index in [1.807, 2.05) is 19.2 Å². The molecule has 0 fully saturated rings. The van der Waals surface area contributed by atoms with E-state index >= 15 is 0 Å². The molecule has 3 aromatic carbocycles. The van der Waals surface area contributed by atoms with Crippen molar-refractivity contribution in [2.45, 2.75) is 87.2 Å². The van der Waals surface area contributed by atoms with Crippen LogP contribution < -0.4 is 16.9 Å². The van der Waals surface area contributed by atoms with Crippen molar-refractivity contribution in [3.63, 3.8) is 0 Å². The number of carbonyl (C=O) groups excluding carboxylic acids is 5. The molecule has 36 heteroatoms. The van der Waals surface area contributed by atoms with Crippen LogP contribution in [0.3, 0.4) is 0 Å². The fourth-order valence-electron chi connectivity index (χ4n) is 7.81. The second-order valence-corrected chi connectivity index (χ2v) is 25.4. The summed E-state index contributed by atoms with van der Waals surface area (Å²) in [6, 6.07) is 17.6. The Morgan fingerprint density at radius 1 is 0.617 bits per heavy atom. The topological polar surface area (TPSA) is 296 Å². The van der Waals surface area contributed by atoms with Crippen LogP contribution in [0.25, 0.3) is 11.6 Å². The van der Waals surface area contributed by atoms with E-state index in [2.05, 4.69) is 32.9 Å². The van der Waals surface area contributed by atoms with Crippen LogP contribution in [0, 0.1) is 52.4 Å². The number of nitrogens with zero attached hydrogens (tertiary/aromatic N) is 4. The van der Waals surface area contributed by atoms with Crippen LogP contribution in [0.1, 0.15) is 101 Å². The molecule has 7 aromatic rings. The Morgan fingerprint density at radius 3 is 1.41 bits per heavy atom. The molecule has 0 spiro atoms. The first-order valence-corrected chi connectivity index (χ1v) is 33.4. The molecule has 2 aliphatic rings. The summed E-state index contributed by atoms with van der Waals surface area (Å²) >= 11 is 36.1. The smallest absolute Gasteiger partial charge is 0.345 e. The van der Waals surface area contributed by atoms with E-state index in [4.69, 9.17) is 116 Å². The minimum absolute atomic E-state index is 0.00559. The number of allylic oxidation sites excluding steroid dienone is 5. The lowest BCUT2D eigenvalue weighted by molar-refractivity contribution is -0.146. The Hall–Kier alpha value is -8.88. The lowest BCUT2D eigenvalue weighted by Gasteiger charge is -2.10. The summed E-state index contributed by atoms with van der Waals surface area (Å²) in [6.07, 6.45) is 18.5. The number of aromatic carboxylic acids is 1. The number of aliphatic hydroxyl groups excluding tert-OH is 2. The molecule has 4 aromatic heterocycles. The van der Waals surface area contributed by atoms with Gasteiger partial charge in [0.15, 0.2) is 52.4 Å². The molecule has 580 valence electrons. The molecule has 0 saturated carbocycles. The highest BCUT2D eigenvalue weighted by molar-refractivity contribution is 6.88. The van der Waals surface area contributed by atoms with Gasteiger partial charge in [0.2, 0.25) is 5.78 Å². The lowest BCUT2D eigenvalue weighted by atomic mass is 10.1. The number of halogens is 16. The number of ether oxygens (including phenoxy) is 4. The monoisotopic (exact) mass is 1650 g/mol. The van der Waals surface area contributed by atoms with Crippen molar-refractivity contribution in [2.24, 2.45) is 5.73 Å². The number of alkyl halides is 6. The third kappa shape index (κ3) is 33.4. The number of pyridine rings is 4. The molecular weight excluding hydrogens is 1580 g/mol. The van der Waals surface area contributed by atoms with E-state index < -0.39 is 112 Å². The molecule has 1 atom stereocenters. The number of rotatable bonds is 16. The van der Waals surface area contributed by atoms with Gasteiger partial charge in [-0.25, -0.2) is 58.7 Å². The van der Waals surface area contributed by atoms with E-state index in [-0.39, 0.29) is 73.4 Å². The van der Waals surface area contributed by atoms with Gasteiger partial charge in [-0.05, 0) is 153 Å². The Kier molecular flexibility index (Phi) is 44.2. The number of esters is 3. The van der Waals surface area contributed by atoms with Gasteiger partial charge in [-0.3, -0.25) is 29.1 Å². The molecule has 4 heterocycles. The van der Waals surface area contributed by atoms with Gasteiger partial charge in [0.05, 0.1) is 63.8 Å². The standard InChI is InChI=1S/C15H12F3NO3.C13H8F3NO3.C11H16O5.C10H6Cl3NO.C8H7N.C7H6F3N.C4H10O.C2Cl4O.CH4O/c1-2-22-15(21)10-4-3-5-19(14(10)20)8-9-6-11(16)13(18)12(17)7-9;14-9-4-7(5-10(15)11(9)16)6-17-3-1-2-8(12(17)18)13(19)20;1-4-15-10(12)9(7-6-8-14-3)11(13)16-5-2;11-10(12,13)9(15)7-3-4-8-6(7)2-1-5-14-8;1-3-7-4-2-6-9-8(7)5-1;8-5-1-4(3-11)2-6(9)7(5)10;1-3-4(2)5;3-1(7)2(4,5)6;1-2/h3-7H,2,8H2,1H3;1-5H,6H2,(H,19,20);6-8H,4-5H2,1-3H3;1-3,5H,4H2;1-4,6H,5H2;1-2H,3,11H2;4-5H,3H2,1-2H3;;2H,1H3/b;;8-6+;;;;;;. The number of nitrogens with two attached hydrogens (primary N) is 1. The predicted molar refractivity (Wildman–Crippen MR) is 386 cm³/mol. The van der Waals surface area contributed by atoms with Gasteiger partial charge < -0.3 is 49.1 Å². The number of carboxylic acids is 1. The van der Waals surface area contributed by atoms with E-state index in [0.717, 1.165) is 82.8 Å². The average molecular weight is 1650 g/mol. The van der Waals surface area contributed by atoms with Crippen molar-refractivity contribution >= 4 is 128 Å². The highest BCUT2D eigenvalue weighted by Crippen LogP contribution is 2.37. The molecule has 0 amide bonds. The summed E-state index contributed by atoms with van der Waals surface area (Å²) in [5, 5.41) is 23.2. The maximum atomic E-state index is 13.2. The Labute approximate surface area is 641 Å². The molecule has 5 N–H and O–H groups in total. The van der Waals surface area contributed by atoms with Crippen molar-refractivity contribution in [3.05, 3.63) is 269 Å². The van der Waals surface area contributed by atoms with Gasteiger partial charge in [0, 0.05) is 62.4 Å². The van der Waals surface area contributed by atoms with E-state index in [0.29, 0.717) is 12.0 Å². The highest BCUT2D eigenvalue weighted by Gasteiger charge is 2.36. The van der Waals surface area contributed by atoms with Gasteiger partial charge in [-0.2, -0.15) is 0 Å². The maximum Gasteiger partial charge on any atom is 0.345 e. The number of carboxylic acid groups (broad SMARTS) is 1. The molecule has 9 rings (SSSR count). The second-order valence-electron chi connectivity index (χ2n) is 20.5. The third-order valence-electron chi connectivity index (χ3n) is 12.8. The zero-order valence-corrected chi connectivity index (χ0v) is 62.7. The van der Waals surface area contributed by atoms with Crippen LogP contribution in [0.2, 0.25) is 0 Å². The highest BCUT2D eigenvalue weighted by atomic mass is 35.6. The first-order valence-electron chi connectivity index (χ1n) is 30.7. The van der Waals surface area contributed by atoms with Crippen LogP contribution in [0.4, 0.5) is 39.5 Å². The van der Waals surface area contributed by atoms with Crippen LogP contribution in [-0.4, -0.2) is 117 Å². The number of hydrogen-bond acceptors (Lipinski definition) is 17. The average Bonchev–Trinajstić information content (AvgIpc) is 1.63. The van der Waals surface area contributed by atoms with Crippen molar-refractivity contribution < 1.29 is 103 Å². The lowest BCUT2D eigenvalue weighted by Crippen LogP contribution is -2.27. The summed E-state index contributed by atoms with van der Waals surface area (Å²) in [6.45, 7) is 8.67. The van der Waals surface area contributed by atoms with E-state index in [1.165, 1.54) is 67.4 Å². The first kappa shape index (κ1) is 96.1. The van der Waals surface area contributed by atoms with Gasteiger partial charge in [-0.1, -0.05) is 107 Å². The fraction of sp³-hybridized carbons (Fsp3) is 0.268. The van der Waals surface area contributed by atoms with Crippen LogP contribution in [0.15, 0.2) is 155 Å². The van der Waals surface area contributed by atoms with Crippen molar-refractivity contribution in [1.82, 2.24) is 19.1 Å². The van der Waals surface area contributed by atoms with Crippen molar-refractivity contribution in [1.29, 1.82) is 0 Å². The third-order valence-corrected chi connectivity index (χ3v) is 14.4. The van der Waals surface area contributed by atoms with Gasteiger partial charge in [0.25, 0.3) is 23.9 Å². The predicted octanol–water partition coefficient (Wildman–Crippen LogP) is 14.4. The summed E-state index contributed by atoms with van der Waals surface area (Å²) in [4.78, 5) is 99.0. The number of aliphatic hydroxyl groups is 2. The summed E-state index contributed by atoms with van der Waals surface area (Å²) in [5.41, 5.74) is 7.62. The summed E-state index contributed by atoms with van der Waals surface area (Å²) < 4.78 is 132. The van der Waals surface area contributed by atoms with E-state index in [9.17, 15) is 77.9 Å². The molecule has 0 saturated heterocycles.